The lowest BCUT2D eigenvalue weighted by Gasteiger charge is -2.12. The van der Waals surface area contributed by atoms with Gasteiger partial charge in [-0.2, -0.15) is 0 Å². The number of fused-ring (bicyclic) bond motifs is 1. The second-order valence-corrected chi connectivity index (χ2v) is 6.50. The van der Waals surface area contributed by atoms with Crippen LogP contribution in [0.15, 0.2) is 53.0 Å². The molecule has 1 N–H and O–H groups in total. The molecule has 4 nitrogen and oxygen atoms in total. The number of aryl methyl sites for hydroxylation is 1. The molecule has 0 radical (unpaired) electrons. The van der Waals surface area contributed by atoms with E-state index in [-0.39, 0.29) is 5.78 Å². The first-order valence-corrected chi connectivity index (χ1v) is 8.34. The number of hydrogen-bond donors (Lipinski definition) is 1. The summed E-state index contributed by atoms with van der Waals surface area (Å²) in [7, 11) is 0. The molecule has 0 bridgehead atoms. The minimum atomic E-state index is -0.862. The van der Waals surface area contributed by atoms with Crippen LogP contribution in [0.5, 0.6) is 0 Å². The Balaban J connectivity index is 1.82. The third-order valence-corrected chi connectivity index (χ3v) is 4.40. The molecule has 3 rings (SSSR count). The first kappa shape index (κ1) is 16.5. The zero-order valence-corrected chi connectivity index (χ0v) is 14.9. The van der Waals surface area contributed by atoms with E-state index in [0.717, 1.165) is 21.1 Å². The third-order valence-electron chi connectivity index (χ3n) is 3.87. The van der Waals surface area contributed by atoms with Gasteiger partial charge in [-0.3, -0.25) is 4.79 Å². The molecule has 2 aromatic carbocycles. The highest BCUT2D eigenvalue weighted by Crippen LogP contribution is 2.24. The van der Waals surface area contributed by atoms with Gasteiger partial charge in [0.25, 0.3) is 0 Å². The number of nitrogens with one attached hydrogen (secondary N) is 1. The maximum absolute atomic E-state index is 12.8. The molecule has 1 heterocycles. The van der Waals surface area contributed by atoms with Crippen LogP contribution in [0.2, 0.25) is 0 Å². The van der Waals surface area contributed by atoms with E-state index in [1.165, 1.54) is 0 Å². The van der Waals surface area contributed by atoms with Gasteiger partial charge in [-0.25, -0.2) is 4.79 Å². The summed E-state index contributed by atoms with van der Waals surface area (Å²) in [6.07, 6.45) is -0.862. The van der Waals surface area contributed by atoms with Gasteiger partial charge < -0.3 is 9.72 Å². The number of halogens is 1. The summed E-state index contributed by atoms with van der Waals surface area (Å²) >= 11 is 3.32. The summed E-state index contributed by atoms with van der Waals surface area (Å²) in [4.78, 5) is 28.1. The van der Waals surface area contributed by atoms with E-state index in [1.54, 1.807) is 31.2 Å². The Hall–Kier alpha value is -2.40. The first-order valence-electron chi connectivity index (χ1n) is 7.55. The lowest BCUT2D eigenvalue weighted by atomic mass is 10.0. The number of rotatable bonds is 4. The van der Waals surface area contributed by atoms with Crippen molar-refractivity contribution in [2.24, 2.45) is 0 Å². The first-order chi connectivity index (χ1) is 11.5. The molecule has 0 saturated carbocycles. The van der Waals surface area contributed by atoms with Gasteiger partial charge in [-0.1, -0.05) is 34.1 Å². The molecule has 0 aliphatic rings. The van der Waals surface area contributed by atoms with Crippen molar-refractivity contribution in [2.45, 2.75) is 20.0 Å². The van der Waals surface area contributed by atoms with Crippen molar-refractivity contribution in [2.75, 3.05) is 0 Å². The molecule has 1 atom stereocenters. The second kappa shape index (κ2) is 6.61. The summed E-state index contributed by atoms with van der Waals surface area (Å²) in [5.41, 5.74) is 2.65. The molecule has 0 amide bonds. The number of esters is 1. The van der Waals surface area contributed by atoms with Crippen molar-refractivity contribution in [3.63, 3.8) is 0 Å². The van der Waals surface area contributed by atoms with Crippen LogP contribution in [0.4, 0.5) is 0 Å². The van der Waals surface area contributed by atoms with Crippen molar-refractivity contribution >= 4 is 38.6 Å². The molecule has 0 fully saturated rings. The van der Waals surface area contributed by atoms with Gasteiger partial charge in [0.15, 0.2) is 6.10 Å². The fourth-order valence-corrected chi connectivity index (χ4v) is 2.93. The van der Waals surface area contributed by atoms with Gasteiger partial charge in [-0.15, -0.1) is 0 Å². The van der Waals surface area contributed by atoms with Gasteiger partial charge >= 0.3 is 5.97 Å². The number of carbonyl (C=O) groups is 2. The molecular weight excluding hydrogens is 370 g/mol. The molecule has 0 aliphatic carbocycles. The minimum absolute atomic E-state index is 0.213. The van der Waals surface area contributed by atoms with Crippen LogP contribution in [0.1, 0.15) is 33.3 Å². The number of para-hydroxylation sites is 1. The number of aromatic amines is 1. The summed E-state index contributed by atoms with van der Waals surface area (Å²) in [6, 6.07) is 14.4. The third kappa shape index (κ3) is 3.12. The van der Waals surface area contributed by atoms with E-state index < -0.39 is 12.1 Å². The van der Waals surface area contributed by atoms with Gasteiger partial charge in [-0.05, 0) is 44.2 Å². The van der Waals surface area contributed by atoms with E-state index in [9.17, 15) is 9.59 Å². The normalized spacial score (nSPS) is 12.1. The molecule has 24 heavy (non-hydrogen) atoms. The smallest absolute Gasteiger partial charge is 0.338 e. The van der Waals surface area contributed by atoms with Crippen LogP contribution >= 0.6 is 15.9 Å². The van der Waals surface area contributed by atoms with Gasteiger partial charge in [0.05, 0.1) is 5.56 Å². The lowest BCUT2D eigenvalue weighted by Crippen LogP contribution is -2.24. The van der Waals surface area contributed by atoms with Gasteiger partial charge in [0, 0.05) is 26.6 Å². The van der Waals surface area contributed by atoms with E-state index in [1.807, 2.05) is 31.2 Å². The van der Waals surface area contributed by atoms with Gasteiger partial charge in [0.1, 0.15) is 0 Å². The zero-order valence-electron chi connectivity index (χ0n) is 13.3. The zero-order chi connectivity index (χ0) is 17.3. The Bertz CT molecular complexity index is 912. The fourth-order valence-electron chi connectivity index (χ4n) is 2.67. The van der Waals surface area contributed by atoms with Crippen LogP contribution in [0.3, 0.4) is 0 Å². The van der Waals surface area contributed by atoms with E-state index in [4.69, 9.17) is 4.74 Å². The average Bonchev–Trinajstić information content (AvgIpc) is 2.90. The van der Waals surface area contributed by atoms with Crippen LogP contribution in [0.25, 0.3) is 10.9 Å². The van der Waals surface area contributed by atoms with Crippen molar-refractivity contribution in [3.8, 4) is 0 Å². The number of H-pyrrole nitrogens is 1. The highest BCUT2D eigenvalue weighted by atomic mass is 79.9. The number of ketones is 1. The summed E-state index contributed by atoms with van der Waals surface area (Å²) in [5, 5.41) is 0.839. The largest absolute Gasteiger partial charge is 0.451 e. The molecule has 1 aromatic heterocycles. The monoisotopic (exact) mass is 385 g/mol. The quantitative estimate of drug-likeness (QED) is 0.524. The number of carbonyl (C=O) groups excluding carboxylic acids is 2. The van der Waals surface area contributed by atoms with Crippen molar-refractivity contribution in [3.05, 3.63) is 69.8 Å². The maximum Gasteiger partial charge on any atom is 0.338 e. The Morgan fingerprint density at radius 3 is 2.46 bits per heavy atom. The summed E-state index contributed by atoms with van der Waals surface area (Å²) in [6.45, 7) is 3.44. The number of benzene rings is 2. The Morgan fingerprint density at radius 1 is 1.08 bits per heavy atom. The highest BCUT2D eigenvalue weighted by molar-refractivity contribution is 9.10. The second-order valence-electron chi connectivity index (χ2n) is 5.59. The van der Waals surface area contributed by atoms with E-state index >= 15 is 0 Å². The molecule has 5 heteroatoms. The van der Waals surface area contributed by atoms with Crippen LogP contribution in [-0.2, 0) is 4.74 Å². The number of hydrogen-bond acceptors (Lipinski definition) is 3. The van der Waals surface area contributed by atoms with Crippen molar-refractivity contribution < 1.29 is 14.3 Å². The SMILES string of the molecule is Cc1[nH]c2ccccc2c1C(=O)[C@@H](C)OC(=O)c1ccc(Br)cc1. The number of Topliss-reactive ketones (excluding diaryl/α,β-unsaturated/α-hetero) is 1. The Morgan fingerprint density at radius 2 is 1.75 bits per heavy atom. The topological polar surface area (TPSA) is 59.2 Å². The molecule has 0 aliphatic heterocycles. The van der Waals surface area contributed by atoms with Crippen LogP contribution in [0, 0.1) is 6.92 Å². The number of ether oxygens (including phenoxy) is 1. The molecule has 122 valence electrons. The molecule has 0 spiro atoms. The summed E-state index contributed by atoms with van der Waals surface area (Å²) in [5.74, 6) is -0.726. The predicted octanol–water partition coefficient (Wildman–Crippen LogP) is 4.67. The standard InChI is InChI=1S/C19H16BrNO3/c1-11-17(15-5-3-4-6-16(15)21-11)18(22)12(2)24-19(23)13-7-9-14(20)10-8-13/h3-10,12,21H,1-2H3/t12-/m1/s1. The minimum Gasteiger partial charge on any atom is -0.451 e. The van der Waals surface area contributed by atoms with Gasteiger partial charge in [0.2, 0.25) is 5.78 Å². The number of aromatic nitrogens is 1. The molecular formula is C19H16BrNO3. The van der Waals surface area contributed by atoms with Crippen LogP contribution < -0.4 is 0 Å². The predicted molar refractivity (Wildman–Crippen MR) is 96.4 cm³/mol. The van der Waals surface area contributed by atoms with Crippen molar-refractivity contribution in [1.82, 2.24) is 4.98 Å². The lowest BCUT2D eigenvalue weighted by molar-refractivity contribution is 0.0319. The fraction of sp³-hybridized carbons (Fsp3) is 0.158. The summed E-state index contributed by atoms with van der Waals surface area (Å²) < 4.78 is 6.22. The van der Waals surface area contributed by atoms with Crippen LogP contribution in [-0.4, -0.2) is 22.8 Å². The van der Waals surface area contributed by atoms with E-state index in [2.05, 4.69) is 20.9 Å². The van der Waals surface area contributed by atoms with E-state index in [0.29, 0.717) is 11.1 Å². The Kier molecular flexibility index (Phi) is 4.53. The average molecular weight is 386 g/mol. The van der Waals surface area contributed by atoms with Crippen molar-refractivity contribution in [1.29, 1.82) is 0 Å². The maximum atomic E-state index is 12.8. The Labute approximate surface area is 148 Å². The molecule has 0 saturated heterocycles. The highest BCUT2D eigenvalue weighted by Gasteiger charge is 2.24. The molecule has 0 unspecified atom stereocenters. The molecule has 3 aromatic rings.